The highest BCUT2D eigenvalue weighted by Crippen LogP contribution is 2.54. The molecule has 1 aromatic heterocycles. The van der Waals surface area contributed by atoms with Crippen LogP contribution in [0.3, 0.4) is 0 Å². The van der Waals surface area contributed by atoms with Gasteiger partial charge >= 0.3 is 0 Å². The van der Waals surface area contributed by atoms with Gasteiger partial charge < -0.3 is 15.4 Å². The first-order chi connectivity index (χ1) is 12.7. The third-order valence-corrected chi connectivity index (χ3v) is 5.48. The molecule has 1 amide bonds. The summed E-state index contributed by atoms with van der Waals surface area (Å²) in [7, 11) is 0. The van der Waals surface area contributed by atoms with Crippen LogP contribution >= 0.6 is 0 Å². The highest BCUT2D eigenvalue weighted by molar-refractivity contribution is 5.80. The van der Waals surface area contributed by atoms with Gasteiger partial charge in [-0.3, -0.25) is 4.79 Å². The number of hydrogen-bond donors (Lipinski definition) is 3. The summed E-state index contributed by atoms with van der Waals surface area (Å²) in [5, 5.41) is 14.9. The Hall–Kier alpha value is -2.59. The van der Waals surface area contributed by atoms with Gasteiger partial charge in [0.05, 0.1) is 6.10 Å². The molecule has 0 radical (unpaired) electrons. The van der Waals surface area contributed by atoms with Crippen molar-refractivity contribution in [2.24, 2.45) is 5.41 Å². The summed E-state index contributed by atoms with van der Waals surface area (Å²) in [5.74, 6) is 0.0469. The van der Waals surface area contributed by atoms with E-state index in [9.17, 15) is 9.90 Å². The number of aliphatic hydroxyl groups is 1. The second kappa shape index (κ2) is 6.96. The van der Waals surface area contributed by atoms with Gasteiger partial charge in [0.1, 0.15) is 0 Å². The molecule has 1 aliphatic carbocycles. The maximum absolute atomic E-state index is 12.3. The summed E-state index contributed by atoms with van der Waals surface area (Å²) in [6.07, 6.45) is 4.50. The number of H-pyrrole nitrogens is 1. The van der Waals surface area contributed by atoms with E-state index in [0.717, 1.165) is 35.9 Å². The van der Waals surface area contributed by atoms with E-state index in [-0.39, 0.29) is 11.3 Å². The minimum Gasteiger partial charge on any atom is -0.388 e. The first-order valence-corrected chi connectivity index (χ1v) is 9.22. The lowest BCUT2D eigenvalue weighted by Gasteiger charge is -2.23. The Morgan fingerprint density at radius 1 is 1.15 bits per heavy atom. The number of aromatic nitrogens is 1. The van der Waals surface area contributed by atoms with E-state index in [1.54, 1.807) is 0 Å². The number of amides is 1. The van der Waals surface area contributed by atoms with E-state index in [1.807, 2.05) is 42.6 Å². The molecule has 3 aromatic rings. The summed E-state index contributed by atoms with van der Waals surface area (Å²) < 4.78 is 0. The van der Waals surface area contributed by atoms with E-state index < -0.39 is 6.10 Å². The molecule has 1 aliphatic rings. The van der Waals surface area contributed by atoms with Crippen LogP contribution in [-0.4, -0.2) is 22.5 Å². The van der Waals surface area contributed by atoms with Crippen molar-refractivity contribution in [1.29, 1.82) is 0 Å². The molecule has 2 aromatic carbocycles. The first kappa shape index (κ1) is 16.9. The maximum atomic E-state index is 12.3. The van der Waals surface area contributed by atoms with Crippen LogP contribution < -0.4 is 5.32 Å². The minimum absolute atomic E-state index is 0.0469. The molecule has 0 aliphatic heterocycles. The van der Waals surface area contributed by atoms with Gasteiger partial charge in [-0.1, -0.05) is 36.4 Å². The molecule has 1 fully saturated rings. The summed E-state index contributed by atoms with van der Waals surface area (Å²) in [4.78, 5) is 15.4. The Balaban J connectivity index is 1.29. The number of benzene rings is 2. The van der Waals surface area contributed by atoms with Crippen molar-refractivity contribution in [3.8, 4) is 0 Å². The average Bonchev–Trinajstić information content (AvgIpc) is 3.33. The Morgan fingerprint density at radius 3 is 2.73 bits per heavy atom. The molecule has 0 bridgehead atoms. The molecule has 1 atom stereocenters. The Bertz CT molecular complexity index is 897. The number of rotatable bonds is 7. The molecule has 1 unspecified atom stereocenters. The Labute approximate surface area is 153 Å². The van der Waals surface area contributed by atoms with Crippen LogP contribution in [0.1, 0.15) is 36.5 Å². The van der Waals surface area contributed by atoms with Crippen molar-refractivity contribution in [2.45, 2.75) is 31.8 Å². The summed E-state index contributed by atoms with van der Waals surface area (Å²) in [5.41, 5.74) is 3.02. The van der Waals surface area contributed by atoms with Crippen LogP contribution in [0.15, 0.2) is 60.8 Å². The van der Waals surface area contributed by atoms with Crippen LogP contribution in [-0.2, 0) is 11.2 Å². The van der Waals surface area contributed by atoms with Crippen molar-refractivity contribution in [3.05, 3.63) is 71.9 Å². The molecule has 134 valence electrons. The maximum Gasteiger partial charge on any atom is 0.220 e. The predicted octanol–water partition coefficient (Wildman–Crippen LogP) is 3.73. The zero-order chi connectivity index (χ0) is 18.0. The van der Waals surface area contributed by atoms with Crippen LogP contribution in [0, 0.1) is 5.41 Å². The lowest BCUT2D eigenvalue weighted by molar-refractivity contribution is -0.121. The second-order valence-electron chi connectivity index (χ2n) is 7.35. The van der Waals surface area contributed by atoms with Gasteiger partial charge in [0.2, 0.25) is 5.91 Å². The molecule has 0 saturated heterocycles. The van der Waals surface area contributed by atoms with Gasteiger partial charge in [-0.15, -0.1) is 0 Å². The third kappa shape index (κ3) is 3.51. The van der Waals surface area contributed by atoms with Crippen LogP contribution in [0.4, 0.5) is 0 Å². The number of nitrogens with one attached hydrogen (secondary N) is 2. The van der Waals surface area contributed by atoms with Crippen LogP contribution in [0.25, 0.3) is 10.9 Å². The fourth-order valence-electron chi connectivity index (χ4n) is 3.58. The quantitative estimate of drug-likeness (QED) is 0.609. The Morgan fingerprint density at radius 2 is 1.96 bits per heavy atom. The molecule has 3 N–H and O–H groups in total. The molecule has 1 heterocycles. The van der Waals surface area contributed by atoms with Crippen molar-refractivity contribution >= 4 is 16.8 Å². The second-order valence-corrected chi connectivity index (χ2v) is 7.35. The van der Waals surface area contributed by atoms with E-state index in [2.05, 4.69) is 28.5 Å². The standard InChI is InChI=1S/C22H24N2O2/c25-20(9-7-16-6-8-19-18(14-16)10-13-23-19)24-15-22(11-12-22)21(26)17-4-2-1-3-5-17/h1-6,8,10,13-14,21,23,26H,7,9,11-12,15H2,(H,24,25). The van der Waals surface area contributed by atoms with Crippen LogP contribution in [0.2, 0.25) is 0 Å². The van der Waals surface area contributed by atoms with Crippen molar-refractivity contribution < 1.29 is 9.90 Å². The molecular formula is C22H24N2O2. The monoisotopic (exact) mass is 348 g/mol. The number of carbonyl (C=O) groups excluding carboxylic acids is 1. The fourth-order valence-corrected chi connectivity index (χ4v) is 3.58. The lowest BCUT2D eigenvalue weighted by atomic mass is 9.92. The highest BCUT2D eigenvalue weighted by atomic mass is 16.3. The van der Waals surface area contributed by atoms with Crippen molar-refractivity contribution in [3.63, 3.8) is 0 Å². The Kier molecular flexibility index (Phi) is 4.51. The zero-order valence-corrected chi connectivity index (χ0v) is 14.7. The molecule has 4 rings (SSSR count). The predicted molar refractivity (Wildman–Crippen MR) is 103 cm³/mol. The number of hydrogen-bond acceptors (Lipinski definition) is 2. The third-order valence-electron chi connectivity index (χ3n) is 5.48. The summed E-state index contributed by atoms with van der Waals surface area (Å²) in [6.45, 7) is 0.540. The van der Waals surface area contributed by atoms with Crippen LogP contribution in [0.5, 0.6) is 0 Å². The number of aromatic amines is 1. The van der Waals surface area contributed by atoms with E-state index in [0.29, 0.717) is 13.0 Å². The summed E-state index contributed by atoms with van der Waals surface area (Å²) >= 11 is 0. The molecule has 4 heteroatoms. The zero-order valence-electron chi connectivity index (χ0n) is 14.7. The van der Waals surface area contributed by atoms with Gasteiger partial charge in [-0.25, -0.2) is 0 Å². The van der Waals surface area contributed by atoms with E-state index >= 15 is 0 Å². The average molecular weight is 348 g/mol. The number of fused-ring (bicyclic) bond motifs is 1. The topological polar surface area (TPSA) is 65.1 Å². The van der Waals surface area contributed by atoms with Gasteiger partial charge in [-0.2, -0.15) is 0 Å². The van der Waals surface area contributed by atoms with Gasteiger partial charge in [-0.05, 0) is 54.0 Å². The van der Waals surface area contributed by atoms with Gasteiger partial charge in [0.15, 0.2) is 0 Å². The van der Waals surface area contributed by atoms with Gasteiger partial charge in [0.25, 0.3) is 0 Å². The molecule has 26 heavy (non-hydrogen) atoms. The fraction of sp³-hybridized carbons (Fsp3) is 0.318. The molecular weight excluding hydrogens is 324 g/mol. The summed E-state index contributed by atoms with van der Waals surface area (Å²) in [6, 6.07) is 18.0. The number of carbonyl (C=O) groups is 1. The SMILES string of the molecule is O=C(CCc1ccc2[nH]ccc2c1)NCC1(C(O)c2ccccc2)CC1. The number of aliphatic hydroxyl groups excluding tert-OH is 1. The first-order valence-electron chi connectivity index (χ1n) is 9.22. The molecule has 4 nitrogen and oxygen atoms in total. The van der Waals surface area contributed by atoms with E-state index in [4.69, 9.17) is 0 Å². The minimum atomic E-state index is -0.514. The molecule has 0 spiro atoms. The highest BCUT2D eigenvalue weighted by Gasteiger charge is 2.49. The smallest absolute Gasteiger partial charge is 0.220 e. The number of aryl methyl sites for hydroxylation is 1. The van der Waals surface area contributed by atoms with Crippen molar-refractivity contribution in [2.75, 3.05) is 6.54 Å². The van der Waals surface area contributed by atoms with Gasteiger partial charge in [0, 0.05) is 30.1 Å². The molecule has 1 saturated carbocycles. The van der Waals surface area contributed by atoms with Crippen molar-refractivity contribution in [1.82, 2.24) is 10.3 Å². The normalized spacial score (nSPS) is 16.3. The largest absolute Gasteiger partial charge is 0.388 e. The lowest BCUT2D eigenvalue weighted by Crippen LogP contribution is -2.33. The van der Waals surface area contributed by atoms with E-state index in [1.165, 1.54) is 5.39 Å².